The summed E-state index contributed by atoms with van der Waals surface area (Å²) in [5.74, 6) is 0. The Morgan fingerprint density at radius 1 is 1.38 bits per heavy atom. The third-order valence-electron chi connectivity index (χ3n) is 1.60. The van der Waals surface area contributed by atoms with Crippen molar-refractivity contribution in [1.29, 1.82) is 0 Å². The van der Waals surface area contributed by atoms with Gasteiger partial charge in [0, 0.05) is 25.9 Å². The van der Waals surface area contributed by atoms with Crippen molar-refractivity contribution in [1.82, 2.24) is 19.9 Å². The van der Waals surface area contributed by atoms with Crippen molar-refractivity contribution in [3.05, 3.63) is 24.9 Å². The standard InChI is InChI=1S/C8H7N4.Re/c1-5(2)6-7-8(11-3-9-6)12-4-10-7;/h1,3-4H,2H3,(H,9,10,11,12);/q-1;. The molecule has 1 N–H and O–H groups in total. The van der Waals surface area contributed by atoms with Gasteiger partial charge in [-0.05, 0) is 0 Å². The molecule has 2 aromatic heterocycles. The largest absolute Gasteiger partial charge is 0.357 e. The summed E-state index contributed by atoms with van der Waals surface area (Å²) >= 11 is 0. The van der Waals surface area contributed by atoms with Gasteiger partial charge in [-0.2, -0.15) is 0 Å². The van der Waals surface area contributed by atoms with Gasteiger partial charge >= 0.3 is 0 Å². The van der Waals surface area contributed by atoms with E-state index in [4.69, 9.17) is 6.58 Å². The van der Waals surface area contributed by atoms with Crippen LogP contribution in [-0.4, -0.2) is 19.9 Å². The maximum Gasteiger partial charge on any atom is 0.162 e. The van der Waals surface area contributed by atoms with Gasteiger partial charge in [0.05, 0.1) is 12.7 Å². The number of nitrogens with one attached hydrogen (secondary N) is 1. The van der Waals surface area contributed by atoms with Crippen LogP contribution in [0.5, 0.6) is 0 Å². The SMILES string of the molecule is [CH-]=C(C)c1ncnc2nc[nH]c12.[Re]. The number of imidazole rings is 1. The second-order valence-electron chi connectivity index (χ2n) is 2.51. The van der Waals surface area contributed by atoms with Crippen LogP contribution >= 0.6 is 0 Å². The number of fused-ring (bicyclic) bond motifs is 1. The summed E-state index contributed by atoms with van der Waals surface area (Å²) in [7, 11) is 0. The molecule has 4 nitrogen and oxygen atoms in total. The molecule has 0 amide bonds. The zero-order valence-corrected chi connectivity index (χ0v) is 9.67. The molecule has 2 rings (SSSR count). The molecule has 2 aromatic rings. The van der Waals surface area contributed by atoms with Crippen LogP contribution in [0.15, 0.2) is 12.7 Å². The van der Waals surface area contributed by atoms with Gasteiger partial charge in [0.1, 0.15) is 0 Å². The van der Waals surface area contributed by atoms with Crippen molar-refractivity contribution in [2.75, 3.05) is 0 Å². The summed E-state index contributed by atoms with van der Waals surface area (Å²) in [6.07, 6.45) is 3.03. The number of H-pyrrole nitrogens is 1. The van der Waals surface area contributed by atoms with E-state index in [0.717, 1.165) is 11.2 Å². The molecule has 0 atom stereocenters. The minimum Gasteiger partial charge on any atom is -0.357 e. The van der Waals surface area contributed by atoms with E-state index in [-0.39, 0.29) is 20.4 Å². The Morgan fingerprint density at radius 3 is 2.85 bits per heavy atom. The number of hydrogen-bond donors (Lipinski definition) is 1. The van der Waals surface area contributed by atoms with E-state index in [2.05, 4.69) is 19.9 Å². The minimum atomic E-state index is 0. The monoisotopic (exact) mass is 346 g/mol. The predicted octanol–water partition coefficient (Wildman–Crippen LogP) is 1.19. The van der Waals surface area contributed by atoms with E-state index in [0.29, 0.717) is 11.2 Å². The van der Waals surface area contributed by atoms with Gasteiger partial charge in [-0.25, -0.2) is 15.5 Å². The molecule has 0 spiro atoms. The summed E-state index contributed by atoms with van der Waals surface area (Å²) in [6.45, 7) is 7.41. The Labute approximate surface area is 89.2 Å². The zero-order chi connectivity index (χ0) is 8.55. The predicted molar refractivity (Wildman–Crippen MR) is 45.1 cm³/mol. The molecule has 67 valence electrons. The molecule has 0 aliphatic rings. The molecule has 0 aromatic carbocycles. The Bertz CT molecular complexity index is 434. The first kappa shape index (κ1) is 10.0. The van der Waals surface area contributed by atoms with Crippen LogP contribution < -0.4 is 0 Å². The molecule has 0 unspecified atom stereocenters. The average molecular weight is 345 g/mol. The van der Waals surface area contributed by atoms with Gasteiger partial charge < -0.3 is 9.97 Å². The van der Waals surface area contributed by atoms with Gasteiger partial charge in [0.2, 0.25) is 0 Å². The van der Waals surface area contributed by atoms with Crippen molar-refractivity contribution >= 4 is 16.7 Å². The second kappa shape index (κ2) is 3.77. The van der Waals surface area contributed by atoms with Crippen LogP contribution in [0, 0.1) is 6.58 Å². The smallest absolute Gasteiger partial charge is 0.162 e. The summed E-state index contributed by atoms with van der Waals surface area (Å²) in [6, 6.07) is 0. The summed E-state index contributed by atoms with van der Waals surface area (Å²) in [4.78, 5) is 14.9. The van der Waals surface area contributed by atoms with Crippen LogP contribution in [0.25, 0.3) is 16.7 Å². The van der Waals surface area contributed by atoms with Crippen molar-refractivity contribution in [2.24, 2.45) is 0 Å². The third kappa shape index (κ3) is 1.67. The Balaban J connectivity index is 0.000000845. The number of nitrogens with zero attached hydrogens (tertiary/aromatic N) is 3. The topological polar surface area (TPSA) is 54.5 Å². The molecule has 1 radical (unpaired) electrons. The molecule has 0 aliphatic carbocycles. The molecule has 0 saturated heterocycles. The maximum absolute atomic E-state index is 5.62. The van der Waals surface area contributed by atoms with Gasteiger partial charge in [0.25, 0.3) is 0 Å². The summed E-state index contributed by atoms with van der Waals surface area (Å²) in [5.41, 5.74) is 2.81. The van der Waals surface area contributed by atoms with Crippen LogP contribution in [0.3, 0.4) is 0 Å². The summed E-state index contributed by atoms with van der Waals surface area (Å²) < 4.78 is 0. The zero-order valence-electron chi connectivity index (χ0n) is 6.95. The van der Waals surface area contributed by atoms with Crippen LogP contribution in [0.2, 0.25) is 0 Å². The fraction of sp³-hybridized carbons (Fsp3) is 0.125. The fourth-order valence-electron chi connectivity index (χ4n) is 1.06. The number of aromatic nitrogens is 4. The van der Waals surface area contributed by atoms with Gasteiger partial charge in [0.15, 0.2) is 5.65 Å². The van der Waals surface area contributed by atoms with E-state index in [1.807, 2.05) is 0 Å². The van der Waals surface area contributed by atoms with E-state index in [9.17, 15) is 0 Å². The molecule has 2 heterocycles. The summed E-state index contributed by atoms with van der Waals surface area (Å²) in [5, 5.41) is 0. The van der Waals surface area contributed by atoms with Crippen LogP contribution in [0.1, 0.15) is 12.6 Å². The third-order valence-corrected chi connectivity index (χ3v) is 1.60. The van der Waals surface area contributed by atoms with Crippen LogP contribution in [0.4, 0.5) is 0 Å². The van der Waals surface area contributed by atoms with E-state index >= 15 is 0 Å². The van der Waals surface area contributed by atoms with Crippen molar-refractivity contribution in [3.8, 4) is 0 Å². The molecule has 0 aliphatic heterocycles. The molecule has 0 saturated carbocycles. The fourth-order valence-corrected chi connectivity index (χ4v) is 1.06. The number of rotatable bonds is 1. The van der Waals surface area contributed by atoms with Crippen LogP contribution in [-0.2, 0) is 20.4 Å². The van der Waals surface area contributed by atoms with E-state index in [1.54, 1.807) is 13.3 Å². The Morgan fingerprint density at radius 2 is 2.15 bits per heavy atom. The first-order chi connectivity index (χ1) is 5.79. The van der Waals surface area contributed by atoms with Gasteiger partial charge in [-0.1, -0.05) is 12.6 Å². The van der Waals surface area contributed by atoms with E-state index in [1.165, 1.54) is 6.33 Å². The first-order valence-corrected chi connectivity index (χ1v) is 3.52. The van der Waals surface area contributed by atoms with Crippen molar-refractivity contribution in [2.45, 2.75) is 6.92 Å². The average Bonchev–Trinajstić information content (AvgIpc) is 2.49. The normalized spacial score (nSPS) is 9.62. The quantitative estimate of drug-likeness (QED) is 0.790. The molecular weight excluding hydrogens is 338 g/mol. The number of aromatic amines is 1. The second-order valence-corrected chi connectivity index (χ2v) is 2.51. The molecule has 13 heavy (non-hydrogen) atoms. The molecule has 0 bridgehead atoms. The molecular formula is C8H7N4Re-. The number of hydrogen-bond acceptors (Lipinski definition) is 3. The Kier molecular flexibility index (Phi) is 2.91. The van der Waals surface area contributed by atoms with Gasteiger partial charge in [-0.3, -0.25) is 6.58 Å². The number of allylic oxidation sites excluding steroid dienone is 1. The van der Waals surface area contributed by atoms with Crippen molar-refractivity contribution < 1.29 is 20.4 Å². The van der Waals surface area contributed by atoms with E-state index < -0.39 is 0 Å². The minimum absolute atomic E-state index is 0. The Hall–Kier alpha value is -1.05. The maximum atomic E-state index is 5.62. The molecule has 5 heteroatoms. The molecule has 0 fully saturated rings. The van der Waals surface area contributed by atoms with Gasteiger partial charge in [-0.15, -0.1) is 0 Å². The van der Waals surface area contributed by atoms with Crippen molar-refractivity contribution in [3.63, 3.8) is 0 Å². The first-order valence-electron chi connectivity index (χ1n) is 3.52.